The van der Waals surface area contributed by atoms with E-state index in [4.69, 9.17) is 10.4 Å². The van der Waals surface area contributed by atoms with Crippen LogP contribution in [0.1, 0.15) is 11.1 Å². The molecule has 0 spiro atoms. The molecule has 0 bridgehead atoms. The lowest BCUT2D eigenvalue weighted by Crippen LogP contribution is -2.16. The van der Waals surface area contributed by atoms with E-state index in [0.29, 0.717) is 11.3 Å². The lowest BCUT2D eigenvalue weighted by molar-refractivity contribution is 0.131. The maximum Gasteiger partial charge on any atom is 0.411 e. The Bertz CT molecular complexity index is 424. The van der Waals surface area contributed by atoms with Gasteiger partial charge in [-0.1, -0.05) is 6.07 Å². The van der Waals surface area contributed by atoms with Crippen LogP contribution in [0, 0.1) is 18.3 Å². The summed E-state index contributed by atoms with van der Waals surface area (Å²) < 4.78 is 4.64. The molecule has 1 amide bonds. The predicted molar refractivity (Wildman–Crippen MR) is 58.0 cm³/mol. The maximum absolute atomic E-state index is 11.2. The van der Waals surface area contributed by atoms with E-state index in [1.165, 1.54) is 0 Å². The number of benzene rings is 1. The SMILES string of the molecule is Cc1ccc(C#N)cc1NC(=O)OCCO. The Morgan fingerprint density at radius 3 is 3.00 bits per heavy atom. The number of nitriles is 1. The fourth-order valence-electron chi connectivity index (χ4n) is 1.11. The quantitative estimate of drug-likeness (QED) is 0.806. The molecule has 0 fully saturated rings. The second kappa shape index (κ2) is 5.73. The van der Waals surface area contributed by atoms with Gasteiger partial charge in [-0.05, 0) is 24.6 Å². The number of hydrogen-bond donors (Lipinski definition) is 2. The van der Waals surface area contributed by atoms with Crippen LogP contribution in [0.2, 0.25) is 0 Å². The Morgan fingerprint density at radius 1 is 1.62 bits per heavy atom. The summed E-state index contributed by atoms with van der Waals surface area (Å²) in [5.41, 5.74) is 1.82. The molecule has 0 radical (unpaired) electrons. The van der Waals surface area contributed by atoms with Gasteiger partial charge in [0.05, 0.1) is 18.2 Å². The van der Waals surface area contributed by atoms with Crippen LogP contribution >= 0.6 is 0 Å². The Hall–Kier alpha value is -2.06. The van der Waals surface area contributed by atoms with Crippen molar-refractivity contribution < 1.29 is 14.6 Å². The number of carbonyl (C=O) groups excluding carboxylic acids is 1. The number of carbonyl (C=O) groups is 1. The highest BCUT2D eigenvalue weighted by Crippen LogP contribution is 2.16. The first-order chi connectivity index (χ1) is 7.67. The molecule has 0 aliphatic rings. The van der Waals surface area contributed by atoms with Crippen molar-refractivity contribution in [2.75, 3.05) is 18.5 Å². The summed E-state index contributed by atoms with van der Waals surface area (Å²) in [6.07, 6.45) is -0.646. The number of hydrogen-bond acceptors (Lipinski definition) is 4. The summed E-state index contributed by atoms with van der Waals surface area (Å²) in [4.78, 5) is 11.2. The van der Waals surface area contributed by atoms with Gasteiger partial charge in [-0.25, -0.2) is 4.79 Å². The summed E-state index contributed by atoms with van der Waals surface area (Å²) in [7, 11) is 0. The van der Waals surface area contributed by atoms with Gasteiger partial charge in [-0.3, -0.25) is 5.32 Å². The van der Waals surface area contributed by atoms with Gasteiger partial charge in [0.15, 0.2) is 0 Å². The van der Waals surface area contributed by atoms with E-state index in [1.807, 2.05) is 13.0 Å². The number of rotatable bonds is 3. The number of amides is 1. The summed E-state index contributed by atoms with van der Waals surface area (Å²) in [6.45, 7) is 1.54. The van der Waals surface area contributed by atoms with E-state index in [-0.39, 0.29) is 13.2 Å². The van der Waals surface area contributed by atoms with Gasteiger partial charge in [0.25, 0.3) is 0 Å². The molecule has 2 N–H and O–H groups in total. The normalized spacial score (nSPS) is 9.31. The first-order valence-electron chi connectivity index (χ1n) is 4.72. The largest absolute Gasteiger partial charge is 0.447 e. The number of ether oxygens (including phenoxy) is 1. The molecule has 0 saturated heterocycles. The molecule has 0 aliphatic heterocycles. The predicted octanol–water partition coefficient (Wildman–Crippen LogP) is 1.41. The molecule has 1 rings (SSSR count). The third-order valence-electron chi connectivity index (χ3n) is 1.93. The van der Waals surface area contributed by atoms with Crippen LogP contribution in [-0.4, -0.2) is 24.4 Å². The lowest BCUT2D eigenvalue weighted by Gasteiger charge is -2.08. The maximum atomic E-state index is 11.2. The van der Waals surface area contributed by atoms with Crippen molar-refractivity contribution in [3.63, 3.8) is 0 Å². The smallest absolute Gasteiger partial charge is 0.411 e. The standard InChI is InChI=1S/C11H12N2O3/c1-8-2-3-9(7-12)6-10(8)13-11(15)16-5-4-14/h2-3,6,14H,4-5H2,1H3,(H,13,15). The molecule has 0 unspecified atom stereocenters. The molecular weight excluding hydrogens is 208 g/mol. The average molecular weight is 220 g/mol. The van der Waals surface area contributed by atoms with Gasteiger partial charge >= 0.3 is 6.09 Å². The van der Waals surface area contributed by atoms with Crippen molar-refractivity contribution in [1.82, 2.24) is 0 Å². The second-order valence-corrected chi connectivity index (χ2v) is 3.13. The zero-order valence-corrected chi connectivity index (χ0v) is 8.86. The average Bonchev–Trinajstić information content (AvgIpc) is 2.29. The van der Waals surface area contributed by atoms with Gasteiger partial charge in [-0.2, -0.15) is 5.26 Å². The number of nitrogens with zero attached hydrogens (tertiary/aromatic N) is 1. The van der Waals surface area contributed by atoms with Crippen LogP contribution in [0.3, 0.4) is 0 Å². The van der Waals surface area contributed by atoms with Crippen LogP contribution in [0.15, 0.2) is 18.2 Å². The fourth-order valence-corrected chi connectivity index (χ4v) is 1.11. The number of anilines is 1. The molecule has 0 saturated carbocycles. The molecule has 1 aromatic rings. The number of nitrogens with one attached hydrogen (secondary N) is 1. The summed E-state index contributed by atoms with van der Waals surface area (Å²) in [5, 5.41) is 19.7. The number of aliphatic hydroxyl groups excluding tert-OH is 1. The molecule has 84 valence electrons. The molecule has 0 atom stereocenters. The highest BCUT2D eigenvalue weighted by atomic mass is 16.6. The molecule has 5 nitrogen and oxygen atoms in total. The van der Waals surface area contributed by atoms with Crippen molar-refractivity contribution in [2.45, 2.75) is 6.92 Å². The topological polar surface area (TPSA) is 82.4 Å². The lowest BCUT2D eigenvalue weighted by atomic mass is 10.1. The van der Waals surface area contributed by atoms with E-state index in [0.717, 1.165) is 5.56 Å². The summed E-state index contributed by atoms with van der Waals surface area (Å²) in [5.74, 6) is 0. The summed E-state index contributed by atoms with van der Waals surface area (Å²) in [6, 6.07) is 6.95. The van der Waals surface area contributed by atoms with Crippen LogP contribution in [0.4, 0.5) is 10.5 Å². The van der Waals surface area contributed by atoms with E-state index < -0.39 is 6.09 Å². The zero-order chi connectivity index (χ0) is 12.0. The first-order valence-corrected chi connectivity index (χ1v) is 4.72. The Kier molecular flexibility index (Phi) is 4.30. The molecule has 0 aromatic heterocycles. The van der Waals surface area contributed by atoms with E-state index in [1.54, 1.807) is 18.2 Å². The van der Waals surface area contributed by atoms with Gasteiger partial charge < -0.3 is 9.84 Å². The first kappa shape index (κ1) is 12.0. The minimum absolute atomic E-state index is 0.0528. The van der Waals surface area contributed by atoms with Gasteiger partial charge in [0, 0.05) is 5.69 Å². The van der Waals surface area contributed by atoms with Gasteiger partial charge in [-0.15, -0.1) is 0 Å². The molecule has 1 aromatic carbocycles. The van der Waals surface area contributed by atoms with Crippen molar-refractivity contribution in [2.24, 2.45) is 0 Å². The molecule has 16 heavy (non-hydrogen) atoms. The minimum Gasteiger partial charge on any atom is -0.447 e. The minimum atomic E-state index is -0.646. The fraction of sp³-hybridized carbons (Fsp3) is 0.273. The van der Waals surface area contributed by atoms with Crippen LogP contribution in [0.5, 0.6) is 0 Å². The monoisotopic (exact) mass is 220 g/mol. The summed E-state index contributed by atoms with van der Waals surface area (Å²) >= 11 is 0. The highest BCUT2D eigenvalue weighted by molar-refractivity contribution is 5.85. The molecule has 0 aliphatic carbocycles. The van der Waals surface area contributed by atoms with Crippen LogP contribution in [0.25, 0.3) is 0 Å². The Morgan fingerprint density at radius 2 is 2.38 bits per heavy atom. The zero-order valence-electron chi connectivity index (χ0n) is 8.86. The number of aryl methyl sites for hydroxylation is 1. The van der Waals surface area contributed by atoms with Crippen molar-refractivity contribution in [3.8, 4) is 6.07 Å². The van der Waals surface area contributed by atoms with Gasteiger partial charge in [0.1, 0.15) is 6.61 Å². The van der Waals surface area contributed by atoms with E-state index in [2.05, 4.69) is 10.1 Å². The van der Waals surface area contributed by atoms with Crippen LogP contribution in [-0.2, 0) is 4.74 Å². The van der Waals surface area contributed by atoms with Crippen molar-refractivity contribution in [3.05, 3.63) is 29.3 Å². The Balaban J connectivity index is 2.73. The third-order valence-corrected chi connectivity index (χ3v) is 1.93. The highest BCUT2D eigenvalue weighted by Gasteiger charge is 2.05. The number of aliphatic hydroxyl groups is 1. The van der Waals surface area contributed by atoms with Crippen LogP contribution < -0.4 is 5.32 Å². The van der Waals surface area contributed by atoms with E-state index >= 15 is 0 Å². The second-order valence-electron chi connectivity index (χ2n) is 3.13. The van der Waals surface area contributed by atoms with Crippen molar-refractivity contribution in [1.29, 1.82) is 5.26 Å². The van der Waals surface area contributed by atoms with E-state index in [9.17, 15) is 4.79 Å². The third kappa shape index (κ3) is 3.26. The molecule has 5 heteroatoms. The molecule has 0 heterocycles. The van der Waals surface area contributed by atoms with Crippen molar-refractivity contribution >= 4 is 11.8 Å². The Labute approximate surface area is 93.3 Å². The van der Waals surface area contributed by atoms with Gasteiger partial charge in [0.2, 0.25) is 0 Å². The molecular formula is C11H12N2O3.